The van der Waals surface area contributed by atoms with E-state index in [9.17, 15) is 10.1 Å². The van der Waals surface area contributed by atoms with Crippen LogP contribution in [0.1, 0.15) is 5.56 Å². The van der Waals surface area contributed by atoms with E-state index in [0.29, 0.717) is 17.3 Å². The number of rotatable bonds is 8. The van der Waals surface area contributed by atoms with Gasteiger partial charge >= 0.3 is 0 Å². The number of para-hydroxylation sites is 1. The second-order valence-electron chi connectivity index (χ2n) is 3.59. The van der Waals surface area contributed by atoms with Crippen molar-refractivity contribution in [3.05, 3.63) is 39.9 Å². The molecule has 0 saturated heterocycles. The fourth-order valence-corrected chi connectivity index (χ4v) is 4.06. The quantitative estimate of drug-likeness (QED) is 0.319. The lowest BCUT2D eigenvalue weighted by atomic mass is 10.2. The Hall–Kier alpha value is -0.623. The van der Waals surface area contributed by atoms with Gasteiger partial charge in [-0.15, -0.1) is 23.2 Å². The Morgan fingerprint density at radius 2 is 1.83 bits per heavy atom. The fraction of sp³-hybridized carbons (Fsp3) is 0.455. The Morgan fingerprint density at radius 1 is 1.22 bits per heavy atom. The van der Waals surface area contributed by atoms with Crippen LogP contribution in [0.2, 0.25) is 12.1 Å². The molecule has 0 bridgehead atoms. The minimum atomic E-state index is -1.07. The molecule has 0 spiro atoms. The van der Waals surface area contributed by atoms with Crippen LogP contribution in [0, 0.1) is 10.1 Å². The SMILES string of the molecule is O=[N+]([O-])c1ccccc1CO[Si](CCCl)CCCl. The standard InChI is InChI=1S/C11H14Cl2NO3Si/c12-5-7-18(8-6-13)17-9-10-3-1-2-4-11(10)14(15)16/h1-4H,5-9H2. The van der Waals surface area contributed by atoms with Crippen molar-refractivity contribution in [1.82, 2.24) is 0 Å². The molecule has 0 unspecified atom stereocenters. The van der Waals surface area contributed by atoms with Crippen LogP contribution in [0.5, 0.6) is 0 Å². The van der Waals surface area contributed by atoms with Gasteiger partial charge in [0.25, 0.3) is 5.69 Å². The third-order valence-corrected chi connectivity index (χ3v) is 5.55. The van der Waals surface area contributed by atoms with Crippen LogP contribution < -0.4 is 0 Å². The molecule has 0 aliphatic rings. The second kappa shape index (κ2) is 8.47. The summed E-state index contributed by atoms with van der Waals surface area (Å²) in [5.74, 6) is 1.06. The normalized spacial score (nSPS) is 10.8. The molecule has 1 aromatic rings. The molecule has 0 aliphatic heterocycles. The highest BCUT2D eigenvalue weighted by molar-refractivity contribution is 6.54. The number of benzene rings is 1. The molecule has 18 heavy (non-hydrogen) atoms. The molecule has 4 nitrogen and oxygen atoms in total. The van der Waals surface area contributed by atoms with Gasteiger partial charge in [-0.25, -0.2) is 0 Å². The molecule has 0 aromatic heterocycles. The molecule has 0 aliphatic carbocycles. The van der Waals surface area contributed by atoms with E-state index in [-0.39, 0.29) is 12.3 Å². The minimum absolute atomic E-state index is 0.0931. The highest BCUT2D eigenvalue weighted by Gasteiger charge is 2.16. The molecule has 99 valence electrons. The van der Waals surface area contributed by atoms with Crippen molar-refractivity contribution in [2.75, 3.05) is 11.8 Å². The third kappa shape index (κ3) is 4.94. The fourth-order valence-electron chi connectivity index (χ4n) is 1.47. The van der Waals surface area contributed by atoms with E-state index in [0.717, 1.165) is 12.1 Å². The molecule has 0 fully saturated rings. The van der Waals surface area contributed by atoms with Crippen molar-refractivity contribution in [1.29, 1.82) is 0 Å². The summed E-state index contributed by atoms with van der Waals surface area (Å²) < 4.78 is 5.73. The van der Waals surface area contributed by atoms with Crippen molar-refractivity contribution < 1.29 is 9.35 Å². The molecular weight excluding hydrogens is 293 g/mol. The highest BCUT2D eigenvalue weighted by atomic mass is 35.5. The molecule has 0 N–H and O–H groups in total. The number of halogens is 2. The van der Waals surface area contributed by atoms with Crippen LogP contribution >= 0.6 is 23.2 Å². The number of nitrogens with zero attached hydrogens (tertiary/aromatic N) is 1. The molecular formula is C11H14Cl2NO3Si. The molecule has 0 amide bonds. The zero-order valence-corrected chi connectivity index (χ0v) is 12.3. The van der Waals surface area contributed by atoms with Gasteiger partial charge in [0.2, 0.25) is 9.04 Å². The average molecular weight is 307 g/mol. The first-order valence-corrected chi connectivity index (χ1v) is 8.40. The first-order valence-electron chi connectivity index (χ1n) is 5.50. The van der Waals surface area contributed by atoms with Crippen LogP contribution in [-0.2, 0) is 11.0 Å². The Morgan fingerprint density at radius 3 is 2.39 bits per heavy atom. The van der Waals surface area contributed by atoms with Gasteiger partial charge in [0.05, 0.1) is 17.1 Å². The van der Waals surface area contributed by atoms with Crippen LogP contribution in [0.25, 0.3) is 0 Å². The maximum absolute atomic E-state index is 10.8. The van der Waals surface area contributed by atoms with Crippen molar-refractivity contribution >= 4 is 37.9 Å². The van der Waals surface area contributed by atoms with Crippen molar-refractivity contribution in [3.63, 3.8) is 0 Å². The summed E-state index contributed by atoms with van der Waals surface area (Å²) >= 11 is 11.4. The van der Waals surface area contributed by atoms with Gasteiger partial charge in [0.15, 0.2) is 0 Å². The summed E-state index contributed by atoms with van der Waals surface area (Å²) in [6.07, 6.45) is 0. The summed E-state index contributed by atoms with van der Waals surface area (Å²) in [7, 11) is -1.07. The molecule has 0 saturated carbocycles. The number of hydrogen-bond donors (Lipinski definition) is 0. The Balaban J connectivity index is 2.63. The molecule has 0 atom stereocenters. The highest BCUT2D eigenvalue weighted by Crippen LogP contribution is 2.19. The Bertz CT molecular complexity index is 386. The average Bonchev–Trinajstić information content (AvgIpc) is 2.36. The van der Waals surface area contributed by atoms with Crippen LogP contribution in [0.3, 0.4) is 0 Å². The molecule has 0 heterocycles. The van der Waals surface area contributed by atoms with Gasteiger partial charge in [0.1, 0.15) is 0 Å². The van der Waals surface area contributed by atoms with Crippen molar-refractivity contribution in [2.24, 2.45) is 0 Å². The largest absolute Gasteiger partial charge is 0.412 e. The van der Waals surface area contributed by atoms with Crippen LogP contribution in [-0.4, -0.2) is 25.7 Å². The summed E-state index contributed by atoms with van der Waals surface area (Å²) in [4.78, 5) is 10.4. The number of nitro groups is 1. The Kier molecular flexibility index (Phi) is 7.27. The number of alkyl halides is 2. The zero-order chi connectivity index (χ0) is 13.4. The topological polar surface area (TPSA) is 52.4 Å². The lowest BCUT2D eigenvalue weighted by Crippen LogP contribution is -2.19. The van der Waals surface area contributed by atoms with Gasteiger partial charge in [-0.1, -0.05) is 12.1 Å². The van der Waals surface area contributed by atoms with Gasteiger partial charge in [-0.3, -0.25) is 10.1 Å². The van der Waals surface area contributed by atoms with E-state index >= 15 is 0 Å². The molecule has 1 aromatic carbocycles. The van der Waals surface area contributed by atoms with E-state index < -0.39 is 14.0 Å². The van der Waals surface area contributed by atoms with Gasteiger partial charge < -0.3 is 4.43 Å². The van der Waals surface area contributed by atoms with Crippen LogP contribution in [0.15, 0.2) is 24.3 Å². The second-order valence-corrected chi connectivity index (χ2v) is 6.71. The lowest BCUT2D eigenvalue weighted by molar-refractivity contribution is -0.385. The number of hydrogen-bond acceptors (Lipinski definition) is 3. The molecule has 1 rings (SSSR count). The monoisotopic (exact) mass is 306 g/mol. The van der Waals surface area contributed by atoms with Crippen molar-refractivity contribution in [3.8, 4) is 0 Å². The minimum Gasteiger partial charge on any atom is -0.412 e. The van der Waals surface area contributed by atoms with Gasteiger partial charge in [0, 0.05) is 17.8 Å². The first-order chi connectivity index (χ1) is 8.69. The van der Waals surface area contributed by atoms with Crippen molar-refractivity contribution in [2.45, 2.75) is 18.7 Å². The molecule has 7 heteroatoms. The van der Waals surface area contributed by atoms with Gasteiger partial charge in [-0.05, 0) is 18.2 Å². The lowest BCUT2D eigenvalue weighted by Gasteiger charge is -2.13. The van der Waals surface area contributed by atoms with Crippen LogP contribution in [0.4, 0.5) is 5.69 Å². The van der Waals surface area contributed by atoms with Gasteiger partial charge in [-0.2, -0.15) is 0 Å². The first kappa shape index (κ1) is 15.4. The van der Waals surface area contributed by atoms with E-state index in [1.165, 1.54) is 6.07 Å². The predicted octanol–water partition coefficient (Wildman–Crippen LogP) is 3.58. The maximum Gasteiger partial charge on any atom is 0.274 e. The van der Waals surface area contributed by atoms with E-state index in [1.54, 1.807) is 18.2 Å². The predicted molar refractivity (Wildman–Crippen MR) is 74.7 cm³/mol. The summed E-state index contributed by atoms with van der Waals surface area (Å²) in [6, 6.07) is 8.18. The summed E-state index contributed by atoms with van der Waals surface area (Å²) in [5, 5.41) is 10.8. The third-order valence-electron chi connectivity index (χ3n) is 2.37. The smallest absolute Gasteiger partial charge is 0.274 e. The maximum atomic E-state index is 10.8. The Labute approximate surface area is 118 Å². The number of nitro benzene ring substituents is 1. The summed E-state index contributed by atoms with van der Waals surface area (Å²) in [6.45, 7) is 0.249. The van der Waals surface area contributed by atoms with E-state index in [1.807, 2.05) is 0 Å². The zero-order valence-electron chi connectivity index (χ0n) is 9.77. The van der Waals surface area contributed by atoms with E-state index in [4.69, 9.17) is 27.6 Å². The summed E-state index contributed by atoms with van der Waals surface area (Å²) in [5.41, 5.74) is 0.685. The molecule has 1 radical (unpaired) electrons. The van der Waals surface area contributed by atoms with E-state index in [2.05, 4.69) is 0 Å².